The van der Waals surface area contributed by atoms with Gasteiger partial charge in [-0.25, -0.2) is 13.1 Å². The van der Waals surface area contributed by atoms with Crippen molar-refractivity contribution >= 4 is 56.1 Å². The third-order valence-corrected chi connectivity index (χ3v) is 7.28. The molecule has 0 spiro atoms. The lowest BCUT2D eigenvalue weighted by Crippen LogP contribution is -2.28. The van der Waals surface area contributed by atoms with Gasteiger partial charge in [-0.1, -0.05) is 11.6 Å². The maximum Gasteiger partial charge on any atom is 0.573 e. The van der Waals surface area contributed by atoms with Crippen molar-refractivity contribution in [3.63, 3.8) is 0 Å². The van der Waals surface area contributed by atoms with Crippen molar-refractivity contribution in [2.24, 2.45) is 5.14 Å². The standard InChI is InChI=1S/C16H15ClF3N3O6S3/c1-28-11-3-2-8(17)6-10(11)13(24)22-5-4-9-7-12(29-16(18,19)20)14(30-9)32(26,27)23-15(25)31-21/h2-3,6-7H,4-5,21H2,1H3,(H,22,24)(H,23,25). The molecule has 0 aliphatic heterocycles. The molecule has 2 aromatic rings. The van der Waals surface area contributed by atoms with E-state index in [-0.39, 0.29) is 46.1 Å². The predicted octanol–water partition coefficient (Wildman–Crippen LogP) is 3.29. The lowest BCUT2D eigenvalue weighted by atomic mass is 10.2. The molecule has 2 rings (SSSR count). The maximum atomic E-state index is 12.7. The topological polar surface area (TPSA) is 137 Å². The second kappa shape index (κ2) is 10.6. The fraction of sp³-hybridized carbons (Fsp3) is 0.250. The van der Waals surface area contributed by atoms with E-state index in [1.807, 2.05) is 0 Å². The highest BCUT2D eigenvalue weighted by atomic mass is 35.5. The van der Waals surface area contributed by atoms with Crippen molar-refractivity contribution in [1.82, 2.24) is 10.0 Å². The SMILES string of the molecule is COc1ccc(Cl)cc1C(=O)NCCc1cc(OC(F)(F)F)c(S(=O)(=O)NC(=O)SN)s1. The molecule has 0 unspecified atom stereocenters. The van der Waals surface area contributed by atoms with Gasteiger partial charge in [0, 0.05) is 28.4 Å². The van der Waals surface area contributed by atoms with Crippen molar-refractivity contribution in [3.05, 3.63) is 39.7 Å². The van der Waals surface area contributed by atoms with E-state index in [1.165, 1.54) is 30.0 Å². The summed E-state index contributed by atoms with van der Waals surface area (Å²) >= 11 is 6.35. The van der Waals surface area contributed by atoms with Crippen LogP contribution in [0.15, 0.2) is 28.5 Å². The van der Waals surface area contributed by atoms with Crippen LogP contribution in [-0.2, 0) is 16.4 Å². The average molecular weight is 534 g/mol. The van der Waals surface area contributed by atoms with Gasteiger partial charge in [0.05, 0.1) is 12.7 Å². The van der Waals surface area contributed by atoms with Gasteiger partial charge in [0.15, 0.2) is 9.96 Å². The molecule has 0 bridgehead atoms. The molecule has 1 aromatic carbocycles. The fourth-order valence-electron chi connectivity index (χ4n) is 2.34. The minimum absolute atomic E-state index is 0.0363. The molecule has 0 atom stereocenters. The third kappa shape index (κ3) is 7.16. The maximum absolute atomic E-state index is 12.7. The number of hydrogen-bond donors (Lipinski definition) is 3. The van der Waals surface area contributed by atoms with Gasteiger partial charge in [0.2, 0.25) is 0 Å². The Hall–Kier alpha value is -2.20. The lowest BCUT2D eigenvalue weighted by Gasteiger charge is -2.09. The molecule has 0 saturated heterocycles. The van der Waals surface area contributed by atoms with E-state index in [1.54, 1.807) is 0 Å². The summed E-state index contributed by atoms with van der Waals surface area (Å²) in [5, 5.41) is 6.58. The first kappa shape index (κ1) is 26.1. The molecule has 9 nitrogen and oxygen atoms in total. The number of amides is 2. The summed E-state index contributed by atoms with van der Waals surface area (Å²) in [5.74, 6) is -1.32. The lowest BCUT2D eigenvalue weighted by molar-refractivity contribution is -0.275. The number of benzene rings is 1. The van der Waals surface area contributed by atoms with Crippen molar-refractivity contribution < 1.29 is 40.7 Å². The predicted molar refractivity (Wildman–Crippen MR) is 113 cm³/mol. The molecule has 0 saturated carbocycles. The molecule has 176 valence electrons. The molecule has 16 heteroatoms. The Bertz CT molecular complexity index is 1110. The average Bonchev–Trinajstić information content (AvgIpc) is 3.09. The number of sulfonamides is 1. The van der Waals surface area contributed by atoms with E-state index >= 15 is 0 Å². The van der Waals surface area contributed by atoms with Crippen molar-refractivity contribution in [2.45, 2.75) is 17.0 Å². The number of hydrogen-bond acceptors (Lipinski definition) is 9. The highest BCUT2D eigenvalue weighted by molar-refractivity contribution is 8.12. The minimum Gasteiger partial charge on any atom is -0.496 e. The molecule has 32 heavy (non-hydrogen) atoms. The van der Waals surface area contributed by atoms with Gasteiger partial charge in [-0.05, 0) is 30.7 Å². The number of halogens is 4. The minimum atomic E-state index is -5.17. The van der Waals surface area contributed by atoms with Crippen LogP contribution in [0.3, 0.4) is 0 Å². The molecule has 0 radical (unpaired) electrons. The normalized spacial score (nSPS) is 11.7. The summed E-state index contributed by atoms with van der Waals surface area (Å²) < 4.78 is 72.1. The summed E-state index contributed by atoms with van der Waals surface area (Å²) in [6.07, 6.45) is -5.21. The van der Waals surface area contributed by atoms with Crippen LogP contribution in [0, 0.1) is 0 Å². The van der Waals surface area contributed by atoms with Crippen LogP contribution in [0.4, 0.5) is 18.0 Å². The number of nitrogens with two attached hydrogens (primary N) is 1. The Balaban J connectivity index is 2.19. The van der Waals surface area contributed by atoms with Crippen LogP contribution in [-0.4, -0.2) is 39.6 Å². The second-order valence-electron chi connectivity index (χ2n) is 5.77. The Morgan fingerprint density at radius 3 is 2.53 bits per heavy atom. The van der Waals surface area contributed by atoms with E-state index in [4.69, 9.17) is 21.5 Å². The van der Waals surface area contributed by atoms with E-state index < -0.39 is 37.5 Å². The van der Waals surface area contributed by atoms with Crippen molar-refractivity contribution in [3.8, 4) is 11.5 Å². The number of thiophene rings is 1. The molecule has 2 amide bonds. The molecule has 1 aromatic heterocycles. The molecule has 0 aliphatic rings. The quantitative estimate of drug-likeness (QED) is 0.440. The zero-order valence-electron chi connectivity index (χ0n) is 16.0. The molecule has 0 fully saturated rings. The molecule has 0 aliphatic carbocycles. The first-order chi connectivity index (χ1) is 14.9. The summed E-state index contributed by atoms with van der Waals surface area (Å²) in [6, 6.07) is 5.25. The van der Waals surface area contributed by atoms with E-state index in [0.29, 0.717) is 11.3 Å². The van der Waals surface area contributed by atoms with E-state index in [2.05, 4.69) is 10.1 Å². The van der Waals surface area contributed by atoms with Gasteiger partial charge in [0.25, 0.3) is 15.9 Å². The monoisotopic (exact) mass is 533 g/mol. The fourth-order valence-corrected chi connectivity index (χ4v) is 5.41. The smallest absolute Gasteiger partial charge is 0.496 e. The number of carbonyl (C=O) groups excluding carboxylic acids is 2. The number of alkyl halides is 3. The summed E-state index contributed by atoms with van der Waals surface area (Å²) in [6.45, 7) is -0.0645. The molecule has 1 heterocycles. The highest BCUT2D eigenvalue weighted by Crippen LogP contribution is 2.37. The summed E-state index contributed by atoms with van der Waals surface area (Å²) in [7, 11) is -3.32. The number of carbonyl (C=O) groups is 2. The largest absolute Gasteiger partial charge is 0.573 e. The summed E-state index contributed by atoms with van der Waals surface area (Å²) in [4.78, 5) is 23.8. The van der Waals surface area contributed by atoms with Crippen LogP contribution in [0.5, 0.6) is 11.5 Å². The molecular weight excluding hydrogens is 519 g/mol. The van der Waals surface area contributed by atoms with Crippen LogP contribution < -0.4 is 24.7 Å². The van der Waals surface area contributed by atoms with Crippen molar-refractivity contribution in [1.29, 1.82) is 0 Å². The van der Waals surface area contributed by atoms with Crippen LogP contribution in [0.25, 0.3) is 0 Å². The third-order valence-electron chi connectivity index (χ3n) is 3.57. The van der Waals surface area contributed by atoms with Gasteiger partial charge in [0.1, 0.15) is 5.75 Å². The zero-order valence-corrected chi connectivity index (χ0v) is 19.2. The zero-order chi connectivity index (χ0) is 24.1. The Morgan fingerprint density at radius 1 is 1.25 bits per heavy atom. The van der Waals surface area contributed by atoms with Gasteiger partial charge in [-0.15, -0.1) is 24.5 Å². The Labute approximate surface area is 193 Å². The highest BCUT2D eigenvalue weighted by Gasteiger charge is 2.36. The van der Waals surface area contributed by atoms with Gasteiger partial charge in [-0.3, -0.25) is 14.7 Å². The Kier molecular flexibility index (Phi) is 8.64. The first-order valence-electron chi connectivity index (χ1n) is 8.30. The van der Waals surface area contributed by atoms with Crippen LogP contribution in [0.1, 0.15) is 15.2 Å². The summed E-state index contributed by atoms with van der Waals surface area (Å²) in [5.41, 5.74) is 0.137. The number of ether oxygens (including phenoxy) is 2. The number of nitrogens with one attached hydrogen (secondary N) is 2. The van der Waals surface area contributed by atoms with Gasteiger partial charge in [-0.2, -0.15) is 0 Å². The molecular formula is C16H15ClF3N3O6S3. The number of methoxy groups -OCH3 is 1. The van der Waals surface area contributed by atoms with E-state index in [0.717, 1.165) is 6.07 Å². The van der Waals surface area contributed by atoms with Gasteiger partial charge >= 0.3 is 11.6 Å². The van der Waals surface area contributed by atoms with Crippen LogP contribution >= 0.6 is 34.9 Å². The first-order valence-corrected chi connectivity index (χ1v) is 11.9. The van der Waals surface area contributed by atoms with Crippen molar-refractivity contribution in [2.75, 3.05) is 13.7 Å². The number of rotatable bonds is 8. The van der Waals surface area contributed by atoms with E-state index in [9.17, 15) is 31.2 Å². The van der Waals surface area contributed by atoms with Crippen LogP contribution in [0.2, 0.25) is 5.02 Å². The Morgan fingerprint density at radius 2 is 1.94 bits per heavy atom. The molecule has 4 N–H and O–H groups in total. The van der Waals surface area contributed by atoms with Gasteiger partial charge < -0.3 is 14.8 Å². The second-order valence-corrected chi connectivity index (χ2v) is 9.83.